The van der Waals surface area contributed by atoms with Crippen LogP contribution in [0.25, 0.3) is 0 Å². The van der Waals surface area contributed by atoms with Crippen LogP contribution in [0.2, 0.25) is 0 Å². The Morgan fingerprint density at radius 1 is 1.40 bits per heavy atom. The molecule has 0 fully saturated rings. The van der Waals surface area contributed by atoms with Crippen LogP contribution in [-0.2, 0) is 11.5 Å². The van der Waals surface area contributed by atoms with Crippen LogP contribution in [0, 0.1) is 0 Å². The molecule has 0 aromatic rings. The molecule has 0 saturated carbocycles. The standard InChI is InChI=1S/C5H12O4Se/c1-2-3-4-5-9-10(6,7)8/h2-5H2,1H3,(H,6,7,8). The van der Waals surface area contributed by atoms with Crippen molar-refractivity contribution in [2.75, 3.05) is 6.61 Å². The minimum absolute atomic E-state index is 0.108. The van der Waals surface area contributed by atoms with Crippen LogP contribution in [-0.4, -0.2) is 24.2 Å². The fourth-order valence-electron chi connectivity index (χ4n) is 0.516. The predicted octanol–water partition coefficient (Wildman–Crippen LogP) is 0.482. The van der Waals surface area contributed by atoms with Crippen molar-refractivity contribution in [3.8, 4) is 0 Å². The third-order valence-corrected chi connectivity index (χ3v) is 1.95. The minimum atomic E-state index is -4.86. The third-order valence-electron chi connectivity index (χ3n) is 0.980. The summed E-state index contributed by atoms with van der Waals surface area (Å²) in [7, 11) is 0. The quantitative estimate of drug-likeness (QED) is 0.535. The molecule has 4 nitrogen and oxygen atoms in total. The first-order valence-electron chi connectivity index (χ1n) is 3.18. The number of unbranched alkanes of at least 4 members (excludes halogenated alkanes) is 2. The Balaban J connectivity index is 3.21. The molecule has 0 spiro atoms. The van der Waals surface area contributed by atoms with E-state index in [4.69, 9.17) is 4.19 Å². The van der Waals surface area contributed by atoms with Crippen molar-refractivity contribution in [2.45, 2.75) is 26.2 Å². The molecule has 62 valence electrons. The van der Waals surface area contributed by atoms with E-state index in [1.165, 1.54) is 0 Å². The molecule has 0 saturated heterocycles. The van der Waals surface area contributed by atoms with Gasteiger partial charge in [-0.1, -0.05) is 0 Å². The summed E-state index contributed by atoms with van der Waals surface area (Å²) in [4.78, 5) is 0. The van der Waals surface area contributed by atoms with E-state index in [0.29, 0.717) is 6.42 Å². The topological polar surface area (TPSA) is 63.6 Å². The van der Waals surface area contributed by atoms with Crippen LogP contribution < -0.4 is 0 Å². The summed E-state index contributed by atoms with van der Waals surface area (Å²) in [5.74, 6) is 0. The molecular formula is C5H12O4Se. The van der Waals surface area contributed by atoms with Gasteiger partial charge in [0, 0.05) is 0 Å². The molecule has 5 heteroatoms. The van der Waals surface area contributed by atoms with Gasteiger partial charge in [0.15, 0.2) is 0 Å². The van der Waals surface area contributed by atoms with Gasteiger partial charge in [-0.3, -0.25) is 0 Å². The van der Waals surface area contributed by atoms with Crippen LogP contribution in [0.15, 0.2) is 0 Å². The first-order valence-corrected chi connectivity index (χ1v) is 6.04. The SMILES string of the molecule is CCCCCO[Se](=O)(=O)O. The number of rotatable bonds is 5. The predicted molar refractivity (Wildman–Crippen MR) is 34.8 cm³/mol. The van der Waals surface area contributed by atoms with Crippen molar-refractivity contribution < 1.29 is 15.7 Å². The molecule has 0 heterocycles. The van der Waals surface area contributed by atoms with E-state index < -0.39 is 13.4 Å². The summed E-state index contributed by atoms with van der Waals surface area (Å²) in [5, 5.41) is 0. The van der Waals surface area contributed by atoms with Gasteiger partial charge in [0.25, 0.3) is 0 Å². The molecule has 0 bridgehead atoms. The Bertz CT molecular complexity index is 160. The van der Waals surface area contributed by atoms with Crippen molar-refractivity contribution in [1.82, 2.24) is 0 Å². The van der Waals surface area contributed by atoms with E-state index in [9.17, 15) is 7.67 Å². The maximum atomic E-state index is 10.0. The first-order chi connectivity index (χ1) is 4.56. The van der Waals surface area contributed by atoms with Crippen molar-refractivity contribution in [3.63, 3.8) is 0 Å². The average Bonchev–Trinajstić information content (AvgIpc) is 1.78. The van der Waals surface area contributed by atoms with Gasteiger partial charge in [-0.2, -0.15) is 0 Å². The Morgan fingerprint density at radius 2 is 2.00 bits per heavy atom. The summed E-state index contributed by atoms with van der Waals surface area (Å²) in [6, 6.07) is 0. The van der Waals surface area contributed by atoms with E-state index >= 15 is 0 Å². The van der Waals surface area contributed by atoms with Gasteiger partial charge in [0.1, 0.15) is 0 Å². The molecule has 0 aliphatic heterocycles. The van der Waals surface area contributed by atoms with Crippen molar-refractivity contribution in [1.29, 1.82) is 0 Å². The van der Waals surface area contributed by atoms with Crippen molar-refractivity contribution in [3.05, 3.63) is 0 Å². The van der Waals surface area contributed by atoms with E-state index in [2.05, 4.69) is 3.82 Å². The van der Waals surface area contributed by atoms with Gasteiger partial charge in [0.05, 0.1) is 0 Å². The first kappa shape index (κ1) is 10.0. The molecule has 0 aromatic heterocycles. The van der Waals surface area contributed by atoms with E-state index in [1.807, 2.05) is 6.92 Å². The van der Waals surface area contributed by atoms with Gasteiger partial charge in [-0.05, 0) is 0 Å². The molecule has 0 unspecified atom stereocenters. The molecule has 0 atom stereocenters. The van der Waals surface area contributed by atoms with Crippen LogP contribution in [0.3, 0.4) is 0 Å². The van der Waals surface area contributed by atoms with E-state index in [-0.39, 0.29) is 6.61 Å². The van der Waals surface area contributed by atoms with Crippen LogP contribution >= 0.6 is 0 Å². The number of hydrogen-bond acceptors (Lipinski definition) is 3. The fourth-order valence-corrected chi connectivity index (χ4v) is 1.21. The summed E-state index contributed by atoms with van der Waals surface area (Å²) < 4.78 is 32.3. The second kappa shape index (κ2) is 4.79. The third kappa shape index (κ3) is 8.04. The molecule has 1 N–H and O–H groups in total. The van der Waals surface area contributed by atoms with Crippen molar-refractivity contribution in [2.24, 2.45) is 0 Å². The summed E-state index contributed by atoms with van der Waals surface area (Å²) >= 11 is -4.86. The van der Waals surface area contributed by atoms with Crippen LogP contribution in [0.1, 0.15) is 26.2 Å². The molecule has 0 rings (SSSR count). The van der Waals surface area contributed by atoms with E-state index in [0.717, 1.165) is 12.8 Å². The Labute approximate surface area is 62.5 Å². The van der Waals surface area contributed by atoms with Gasteiger partial charge in [0.2, 0.25) is 0 Å². The molecule has 0 radical (unpaired) electrons. The normalized spacial score (nSPS) is 11.8. The van der Waals surface area contributed by atoms with Gasteiger partial charge in [-0.25, -0.2) is 0 Å². The van der Waals surface area contributed by atoms with Gasteiger partial charge >= 0.3 is 61.8 Å². The second-order valence-corrected chi connectivity index (χ2v) is 4.25. The summed E-state index contributed by atoms with van der Waals surface area (Å²) in [6.07, 6.45) is 2.61. The molecule has 0 aliphatic carbocycles. The Morgan fingerprint density at radius 3 is 2.40 bits per heavy atom. The molecular weight excluding hydrogens is 203 g/mol. The zero-order valence-corrected chi connectivity index (χ0v) is 7.62. The van der Waals surface area contributed by atoms with E-state index in [1.54, 1.807) is 0 Å². The summed E-state index contributed by atoms with van der Waals surface area (Å²) in [6.45, 7) is 2.11. The van der Waals surface area contributed by atoms with Gasteiger partial charge < -0.3 is 0 Å². The second-order valence-electron chi connectivity index (χ2n) is 1.96. The Kier molecular flexibility index (Phi) is 4.81. The van der Waals surface area contributed by atoms with Crippen molar-refractivity contribution >= 4 is 13.4 Å². The van der Waals surface area contributed by atoms with Gasteiger partial charge in [-0.15, -0.1) is 0 Å². The molecule has 0 amide bonds. The molecule has 10 heavy (non-hydrogen) atoms. The summed E-state index contributed by atoms with van der Waals surface area (Å²) in [5.41, 5.74) is 0. The average molecular weight is 215 g/mol. The Hall–Kier alpha value is 0.0395. The monoisotopic (exact) mass is 216 g/mol. The van der Waals surface area contributed by atoms with Crippen LogP contribution in [0.4, 0.5) is 0 Å². The molecule has 0 aromatic carbocycles. The number of hydrogen-bond donors (Lipinski definition) is 1. The molecule has 0 aliphatic rings. The van der Waals surface area contributed by atoms with Crippen LogP contribution in [0.5, 0.6) is 0 Å². The fraction of sp³-hybridized carbons (Fsp3) is 1.00. The maximum absolute atomic E-state index is 10.0. The zero-order chi connectivity index (χ0) is 8.04. The zero-order valence-electron chi connectivity index (χ0n) is 5.91.